The Morgan fingerprint density at radius 3 is 1.69 bits per heavy atom. The minimum absolute atomic E-state index is 0.0612. The van der Waals surface area contributed by atoms with Crippen molar-refractivity contribution >= 4 is 50.2 Å². The molecule has 6 rings (SSSR count). The van der Waals surface area contributed by atoms with Gasteiger partial charge in [-0.2, -0.15) is 0 Å². The second-order valence-corrected chi connectivity index (χ2v) is 13.6. The number of thiophene rings is 2. The molecule has 9 heteroatoms. The van der Waals surface area contributed by atoms with E-state index in [4.69, 9.17) is 11.5 Å². The molecule has 2 unspecified atom stereocenters. The fourth-order valence-corrected chi connectivity index (χ4v) is 10.1. The summed E-state index contributed by atoms with van der Waals surface area (Å²) in [6.07, 6.45) is 0.160. The van der Waals surface area contributed by atoms with Crippen molar-refractivity contribution in [3.05, 3.63) is 93.7 Å². The largest absolute Gasteiger partial charge is 0.370 e. The maximum Gasteiger partial charge on any atom is 0.218 e. The van der Waals surface area contributed by atoms with Gasteiger partial charge in [0, 0.05) is 55.8 Å². The van der Waals surface area contributed by atoms with E-state index in [0.717, 1.165) is 22.3 Å². The van der Waals surface area contributed by atoms with Crippen molar-refractivity contribution in [1.29, 1.82) is 0 Å². The van der Waals surface area contributed by atoms with Gasteiger partial charge >= 0.3 is 0 Å². The predicted molar refractivity (Wildman–Crippen MR) is 152 cm³/mol. The van der Waals surface area contributed by atoms with Gasteiger partial charge in [-0.3, -0.25) is 13.2 Å². The van der Waals surface area contributed by atoms with E-state index >= 15 is 0 Å². The Bertz CT molecular complexity index is 1370. The molecular formula is C27H26N2O3S4. The first-order valence-electron chi connectivity index (χ1n) is 11.6. The lowest BCUT2D eigenvalue weighted by Gasteiger charge is -2.12. The number of fused-ring (bicyclic) bond motifs is 6. The molecule has 0 spiro atoms. The summed E-state index contributed by atoms with van der Waals surface area (Å²) in [6, 6.07) is 20.3. The number of carbonyl (C=O) groups excluding carboxylic acids is 1. The molecule has 5 nitrogen and oxygen atoms in total. The van der Waals surface area contributed by atoms with Crippen molar-refractivity contribution in [3.63, 3.8) is 0 Å². The van der Waals surface area contributed by atoms with Gasteiger partial charge in [0.05, 0.1) is 10.5 Å². The fraction of sp³-hybridized carbons (Fsp3) is 0.222. The third-order valence-electron chi connectivity index (χ3n) is 6.33. The molecule has 0 aliphatic heterocycles. The summed E-state index contributed by atoms with van der Waals surface area (Å²) in [7, 11) is -2.03. The average molecular weight is 555 g/mol. The van der Waals surface area contributed by atoms with Gasteiger partial charge in [-0.1, -0.05) is 48.5 Å². The molecule has 2 aromatic carbocycles. The molecular weight excluding hydrogens is 529 g/mol. The molecule has 0 saturated carbocycles. The van der Waals surface area contributed by atoms with E-state index < -0.39 is 27.5 Å². The quantitative estimate of drug-likeness (QED) is 0.337. The lowest BCUT2D eigenvalue weighted by atomic mass is 10.1. The van der Waals surface area contributed by atoms with Gasteiger partial charge in [0.25, 0.3) is 0 Å². The van der Waals surface area contributed by atoms with Gasteiger partial charge in [-0.25, -0.2) is 0 Å². The van der Waals surface area contributed by atoms with Gasteiger partial charge in [0.1, 0.15) is 0 Å². The minimum atomic E-state index is -1.14. The highest BCUT2D eigenvalue weighted by atomic mass is 32.2. The van der Waals surface area contributed by atoms with Gasteiger partial charge in [0.2, 0.25) is 5.91 Å². The Morgan fingerprint density at radius 1 is 0.722 bits per heavy atom. The third kappa shape index (κ3) is 4.66. The predicted octanol–water partition coefficient (Wildman–Crippen LogP) is 4.97. The van der Waals surface area contributed by atoms with Crippen LogP contribution in [0.15, 0.2) is 71.4 Å². The van der Waals surface area contributed by atoms with Crippen LogP contribution in [0.1, 0.15) is 39.2 Å². The highest BCUT2D eigenvalue weighted by Crippen LogP contribution is 2.51. The molecule has 0 bridgehead atoms. The molecule has 186 valence electrons. The van der Waals surface area contributed by atoms with E-state index in [0.29, 0.717) is 18.1 Å². The maximum absolute atomic E-state index is 12.6. The maximum atomic E-state index is 12.6. The number of hydrogen-bond donors (Lipinski definition) is 2. The first-order chi connectivity index (χ1) is 17.5. The van der Waals surface area contributed by atoms with Crippen LogP contribution in [0.3, 0.4) is 0 Å². The molecule has 0 radical (unpaired) electrons. The molecule has 2 aliphatic carbocycles. The summed E-state index contributed by atoms with van der Waals surface area (Å²) < 4.78 is 24.8. The van der Waals surface area contributed by atoms with Crippen molar-refractivity contribution < 1.29 is 13.2 Å². The summed E-state index contributed by atoms with van der Waals surface area (Å²) in [5.41, 5.74) is 17.6. The third-order valence-corrected chi connectivity index (χ3v) is 11.7. The van der Waals surface area contributed by atoms with Crippen LogP contribution in [0, 0.1) is 0 Å². The van der Waals surface area contributed by atoms with Gasteiger partial charge in [-0.15, -0.1) is 22.7 Å². The van der Waals surface area contributed by atoms with Crippen molar-refractivity contribution in [2.75, 3.05) is 18.1 Å². The monoisotopic (exact) mass is 554 g/mol. The zero-order chi connectivity index (χ0) is 25.2. The molecule has 0 saturated heterocycles. The Morgan fingerprint density at radius 2 is 1.19 bits per heavy atom. The summed E-state index contributed by atoms with van der Waals surface area (Å²) in [6.45, 7) is 0.488. The smallest absolute Gasteiger partial charge is 0.218 e. The van der Waals surface area contributed by atoms with E-state index in [9.17, 15) is 13.2 Å². The average Bonchev–Trinajstić information content (AvgIpc) is 3.64. The van der Waals surface area contributed by atoms with Crippen molar-refractivity contribution in [3.8, 4) is 20.9 Å². The summed E-state index contributed by atoms with van der Waals surface area (Å²) >= 11 is 3.49. The normalized spacial score (nSPS) is 15.2. The van der Waals surface area contributed by atoms with Gasteiger partial charge in [0.15, 0.2) is 0 Å². The van der Waals surface area contributed by atoms with Crippen LogP contribution in [0.25, 0.3) is 20.9 Å². The topological polar surface area (TPSA) is 103 Å². The number of amides is 1. The Hall–Kier alpha value is -2.43. The van der Waals surface area contributed by atoms with E-state index in [2.05, 4.69) is 35.0 Å². The van der Waals surface area contributed by atoms with Crippen LogP contribution in [0.2, 0.25) is 0 Å². The molecule has 2 atom stereocenters. The van der Waals surface area contributed by atoms with E-state index in [1.807, 2.05) is 36.4 Å². The van der Waals surface area contributed by atoms with Crippen LogP contribution in [-0.4, -0.2) is 32.4 Å². The van der Waals surface area contributed by atoms with Crippen molar-refractivity contribution in [2.24, 2.45) is 11.5 Å². The van der Waals surface area contributed by atoms with Crippen LogP contribution in [0.4, 0.5) is 0 Å². The molecule has 36 heavy (non-hydrogen) atoms. The highest BCUT2D eigenvalue weighted by molar-refractivity contribution is 7.85. The number of primary amides is 1. The minimum Gasteiger partial charge on any atom is -0.370 e. The Labute approximate surface area is 223 Å². The lowest BCUT2D eigenvalue weighted by Crippen LogP contribution is -2.17. The number of benzene rings is 2. The summed E-state index contributed by atoms with van der Waals surface area (Å²) in [4.78, 5) is 13.5. The number of carbonyl (C=O) groups is 1. The Balaban J connectivity index is 0.000000152. The fourth-order valence-electron chi connectivity index (χ4n) is 4.82. The molecule has 2 aliphatic rings. The zero-order valence-corrected chi connectivity index (χ0v) is 22.7. The van der Waals surface area contributed by atoms with E-state index in [1.165, 1.54) is 20.9 Å². The van der Waals surface area contributed by atoms with E-state index in [1.54, 1.807) is 22.7 Å². The first kappa shape index (κ1) is 25.2. The number of rotatable bonds is 7. The van der Waals surface area contributed by atoms with Crippen LogP contribution in [0.5, 0.6) is 0 Å². The van der Waals surface area contributed by atoms with Gasteiger partial charge in [-0.05, 0) is 56.3 Å². The van der Waals surface area contributed by atoms with Gasteiger partial charge < -0.3 is 11.5 Å². The lowest BCUT2D eigenvalue weighted by molar-refractivity contribution is -0.117. The molecule has 4 aromatic rings. The molecule has 2 heterocycles. The second-order valence-electron chi connectivity index (χ2n) is 8.52. The summed E-state index contributed by atoms with van der Waals surface area (Å²) in [5, 5.41) is 4.08. The van der Waals surface area contributed by atoms with Crippen molar-refractivity contribution in [1.82, 2.24) is 0 Å². The first-order valence-corrected chi connectivity index (χ1v) is 16.1. The number of nitrogens with two attached hydrogens (primary N) is 2. The molecule has 1 amide bonds. The second kappa shape index (κ2) is 10.9. The molecule has 4 N–H and O–H groups in total. The van der Waals surface area contributed by atoms with Crippen LogP contribution in [-0.2, 0) is 26.4 Å². The van der Waals surface area contributed by atoms with Crippen molar-refractivity contribution in [2.45, 2.75) is 16.9 Å². The summed E-state index contributed by atoms with van der Waals surface area (Å²) in [5.74, 6) is 0.482. The Kier molecular flexibility index (Phi) is 7.64. The standard InChI is InChI=1S/C16H15NO2S.C11H11NOS3/c17-15(18)9-10-20(19)16-13-7-3-1-5-11(13)12-6-2-4-8-14(12)16;12-3-6-16(13)11-7-1-4-14-9(7)10-8(11)2-5-15-10/h1-8,16H,9-10H2,(H2,17,18);1-2,4-5,11H,3,6,12H2. The SMILES string of the molecule is NC(=O)CCS(=O)C1c2ccccc2-c2ccccc21.NCCS(=O)C1c2ccsc2-c2sccc21. The van der Waals surface area contributed by atoms with Crippen LogP contribution >= 0.6 is 22.7 Å². The highest BCUT2D eigenvalue weighted by Gasteiger charge is 2.34. The van der Waals surface area contributed by atoms with Crippen LogP contribution < -0.4 is 11.5 Å². The van der Waals surface area contributed by atoms with E-state index in [-0.39, 0.29) is 16.9 Å². The molecule has 2 aromatic heterocycles. The zero-order valence-electron chi connectivity index (χ0n) is 19.4. The molecule has 0 fully saturated rings. The number of hydrogen-bond acceptors (Lipinski definition) is 6.